The van der Waals surface area contributed by atoms with Gasteiger partial charge < -0.3 is 10.1 Å². The number of hydrazone groups is 1. The summed E-state index contributed by atoms with van der Waals surface area (Å²) >= 11 is 0. The van der Waals surface area contributed by atoms with Gasteiger partial charge in [-0.25, -0.2) is 14.2 Å². The maximum absolute atomic E-state index is 13.0. The van der Waals surface area contributed by atoms with E-state index >= 15 is 0 Å². The molecule has 0 saturated carbocycles. The molecule has 1 aliphatic heterocycles. The fourth-order valence-corrected chi connectivity index (χ4v) is 2.84. The van der Waals surface area contributed by atoms with Gasteiger partial charge in [0.2, 0.25) is 0 Å². The molecule has 26 heavy (non-hydrogen) atoms. The average molecular weight is 355 g/mol. The SMILES string of the molecule is COC(=O)C1(C)CN(C(=O)Nc2ccc(F)cc2)N=C1c1ccccc1. The molecule has 1 aliphatic rings. The molecular formula is C19H18FN3O3. The Morgan fingerprint density at radius 2 is 1.81 bits per heavy atom. The molecule has 3 rings (SSSR count). The number of hydrogen-bond acceptors (Lipinski definition) is 4. The summed E-state index contributed by atoms with van der Waals surface area (Å²) in [5.41, 5.74) is 0.534. The van der Waals surface area contributed by atoms with Crippen molar-refractivity contribution in [2.45, 2.75) is 6.92 Å². The number of hydrogen-bond donors (Lipinski definition) is 1. The van der Waals surface area contributed by atoms with E-state index in [1.165, 1.54) is 36.4 Å². The molecule has 1 unspecified atom stereocenters. The van der Waals surface area contributed by atoms with Crippen LogP contribution in [0.25, 0.3) is 0 Å². The van der Waals surface area contributed by atoms with Crippen LogP contribution in [0.1, 0.15) is 12.5 Å². The Bertz CT molecular complexity index is 852. The second kappa shape index (κ2) is 6.95. The van der Waals surface area contributed by atoms with Crippen molar-refractivity contribution in [3.8, 4) is 0 Å². The molecule has 0 spiro atoms. The number of halogens is 1. The van der Waals surface area contributed by atoms with Crippen molar-refractivity contribution in [2.24, 2.45) is 10.5 Å². The van der Waals surface area contributed by atoms with Gasteiger partial charge in [0, 0.05) is 5.69 Å². The maximum Gasteiger partial charge on any atom is 0.342 e. The summed E-state index contributed by atoms with van der Waals surface area (Å²) in [6.07, 6.45) is 0. The predicted octanol–water partition coefficient (Wildman–Crippen LogP) is 3.26. The van der Waals surface area contributed by atoms with Crippen LogP contribution in [0.15, 0.2) is 59.7 Å². The van der Waals surface area contributed by atoms with Crippen LogP contribution in [-0.2, 0) is 9.53 Å². The molecule has 1 heterocycles. The minimum absolute atomic E-state index is 0.0386. The minimum Gasteiger partial charge on any atom is -0.468 e. The van der Waals surface area contributed by atoms with Gasteiger partial charge in [0.25, 0.3) is 0 Å². The van der Waals surface area contributed by atoms with Gasteiger partial charge in [-0.2, -0.15) is 5.10 Å². The molecule has 6 nitrogen and oxygen atoms in total. The van der Waals surface area contributed by atoms with Crippen molar-refractivity contribution in [2.75, 3.05) is 19.0 Å². The monoisotopic (exact) mass is 355 g/mol. The smallest absolute Gasteiger partial charge is 0.342 e. The third kappa shape index (κ3) is 3.28. The number of nitrogens with one attached hydrogen (secondary N) is 1. The highest BCUT2D eigenvalue weighted by Crippen LogP contribution is 2.32. The minimum atomic E-state index is -1.09. The van der Waals surface area contributed by atoms with Gasteiger partial charge in [0.05, 0.1) is 19.4 Å². The Hall–Kier alpha value is -3.22. The maximum atomic E-state index is 13.0. The summed E-state index contributed by atoms with van der Waals surface area (Å²) in [4.78, 5) is 24.9. The van der Waals surface area contributed by atoms with Crippen LogP contribution in [0.5, 0.6) is 0 Å². The first kappa shape index (κ1) is 17.6. The molecule has 0 fully saturated rings. The van der Waals surface area contributed by atoms with Crippen molar-refractivity contribution in [3.63, 3.8) is 0 Å². The Balaban J connectivity index is 1.89. The predicted molar refractivity (Wildman–Crippen MR) is 95.2 cm³/mol. The number of esters is 1. The molecule has 0 saturated heterocycles. The zero-order valence-electron chi connectivity index (χ0n) is 14.4. The third-order valence-corrected chi connectivity index (χ3v) is 4.22. The van der Waals surface area contributed by atoms with Crippen LogP contribution in [0.2, 0.25) is 0 Å². The zero-order valence-corrected chi connectivity index (χ0v) is 14.4. The number of methoxy groups -OCH3 is 1. The van der Waals surface area contributed by atoms with Crippen molar-refractivity contribution in [1.82, 2.24) is 5.01 Å². The van der Waals surface area contributed by atoms with Gasteiger partial charge in [-0.15, -0.1) is 0 Å². The van der Waals surface area contributed by atoms with Crippen molar-refractivity contribution >= 4 is 23.4 Å². The molecule has 0 bridgehead atoms. The first-order chi connectivity index (χ1) is 12.4. The molecular weight excluding hydrogens is 337 g/mol. The van der Waals surface area contributed by atoms with Crippen molar-refractivity contribution < 1.29 is 18.7 Å². The lowest BCUT2D eigenvalue weighted by molar-refractivity contribution is -0.147. The normalized spacial score (nSPS) is 19.0. The summed E-state index contributed by atoms with van der Waals surface area (Å²) in [5, 5.41) is 8.18. The van der Waals surface area contributed by atoms with E-state index in [4.69, 9.17) is 4.74 Å². The van der Waals surface area contributed by atoms with Crippen LogP contribution >= 0.6 is 0 Å². The Morgan fingerprint density at radius 1 is 1.15 bits per heavy atom. The topological polar surface area (TPSA) is 71.0 Å². The lowest BCUT2D eigenvalue weighted by atomic mass is 9.82. The van der Waals surface area contributed by atoms with E-state index in [0.29, 0.717) is 11.4 Å². The van der Waals surface area contributed by atoms with E-state index in [1.54, 1.807) is 6.92 Å². The molecule has 0 radical (unpaired) electrons. The number of anilines is 1. The fourth-order valence-electron chi connectivity index (χ4n) is 2.84. The summed E-state index contributed by atoms with van der Waals surface area (Å²) in [6, 6.07) is 14.0. The summed E-state index contributed by atoms with van der Waals surface area (Å²) in [6.45, 7) is 1.73. The van der Waals surface area contributed by atoms with Gasteiger partial charge in [-0.1, -0.05) is 30.3 Å². The summed E-state index contributed by atoms with van der Waals surface area (Å²) in [5.74, 6) is -0.871. The van der Waals surface area contributed by atoms with Gasteiger partial charge in [0.15, 0.2) is 0 Å². The summed E-state index contributed by atoms with van der Waals surface area (Å²) < 4.78 is 17.9. The number of nitrogens with zero attached hydrogens (tertiary/aromatic N) is 2. The first-order valence-electron chi connectivity index (χ1n) is 8.01. The highest BCUT2D eigenvalue weighted by Gasteiger charge is 2.48. The number of urea groups is 1. The quantitative estimate of drug-likeness (QED) is 0.859. The van der Waals surface area contributed by atoms with E-state index < -0.39 is 23.2 Å². The van der Waals surface area contributed by atoms with Crippen LogP contribution in [0, 0.1) is 11.2 Å². The van der Waals surface area contributed by atoms with E-state index in [-0.39, 0.29) is 6.54 Å². The molecule has 0 aromatic heterocycles. The second-order valence-corrected chi connectivity index (χ2v) is 6.13. The van der Waals surface area contributed by atoms with Crippen molar-refractivity contribution in [3.05, 3.63) is 66.0 Å². The number of carbonyl (C=O) groups excluding carboxylic acids is 2. The molecule has 2 aromatic carbocycles. The molecule has 0 aliphatic carbocycles. The number of carbonyl (C=O) groups is 2. The Labute approximate surface area is 150 Å². The standard InChI is InChI=1S/C19H18FN3O3/c1-19(17(24)26-2)12-23(22-16(19)13-6-4-3-5-7-13)18(25)21-15-10-8-14(20)9-11-15/h3-11H,12H2,1-2H3,(H,21,25). The van der Waals surface area contributed by atoms with Gasteiger partial charge >= 0.3 is 12.0 Å². The van der Waals surface area contributed by atoms with E-state index in [1.807, 2.05) is 30.3 Å². The molecule has 7 heteroatoms. The number of ether oxygens (including phenoxy) is 1. The molecule has 134 valence electrons. The van der Waals surface area contributed by atoms with E-state index in [2.05, 4.69) is 10.4 Å². The third-order valence-electron chi connectivity index (χ3n) is 4.22. The lowest BCUT2D eigenvalue weighted by Gasteiger charge is -2.23. The van der Waals surface area contributed by atoms with Crippen LogP contribution in [-0.4, -0.2) is 36.4 Å². The number of rotatable bonds is 3. The molecule has 1 atom stereocenters. The number of benzene rings is 2. The first-order valence-corrected chi connectivity index (χ1v) is 8.01. The lowest BCUT2D eigenvalue weighted by Crippen LogP contribution is -2.42. The van der Waals surface area contributed by atoms with Crippen molar-refractivity contribution in [1.29, 1.82) is 0 Å². The molecule has 1 N–H and O–H groups in total. The summed E-state index contributed by atoms with van der Waals surface area (Å²) in [7, 11) is 1.30. The van der Waals surface area contributed by atoms with Gasteiger partial charge in [0.1, 0.15) is 11.2 Å². The van der Waals surface area contributed by atoms with E-state index in [0.717, 1.165) is 5.56 Å². The highest BCUT2D eigenvalue weighted by atomic mass is 19.1. The van der Waals surface area contributed by atoms with Gasteiger partial charge in [-0.3, -0.25) is 4.79 Å². The van der Waals surface area contributed by atoms with Crippen LogP contribution in [0.3, 0.4) is 0 Å². The molecule has 2 amide bonds. The van der Waals surface area contributed by atoms with Crippen LogP contribution in [0.4, 0.5) is 14.9 Å². The highest BCUT2D eigenvalue weighted by molar-refractivity contribution is 6.17. The molecule has 2 aromatic rings. The number of amides is 2. The van der Waals surface area contributed by atoms with E-state index in [9.17, 15) is 14.0 Å². The van der Waals surface area contributed by atoms with Crippen LogP contribution < -0.4 is 5.32 Å². The average Bonchev–Trinajstić information content (AvgIpc) is 3.02. The van der Waals surface area contributed by atoms with Gasteiger partial charge in [-0.05, 0) is 36.8 Å². The zero-order chi connectivity index (χ0) is 18.7. The fraction of sp³-hybridized carbons (Fsp3) is 0.211. The largest absolute Gasteiger partial charge is 0.468 e. The Morgan fingerprint density at radius 3 is 2.42 bits per heavy atom. The Kier molecular flexibility index (Phi) is 4.71. The second-order valence-electron chi connectivity index (χ2n) is 6.13.